The number of fused-ring (bicyclic) bond motifs is 1. The van der Waals surface area contributed by atoms with Crippen molar-refractivity contribution in [1.82, 2.24) is 9.97 Å². The number of carbonyl (C=O) groups excluding carboxylic acids is 1. The average molecular weight is 511 g/mol. The molecule has 10 heteroatoms. The Bertz CT molecular complexity index is 1670. The predicted octanol–water partition coefficient (Wildman–Crippen LogP) is 5.02. The number of rotatable bonds is 7. The van der Waals surface area contributed by atoms with Crippen LogP contribution in [-0.4, -0.2) is 24.3 Å². The van der Waals surface area contributed by atoms with Gasteiger partial charge in [-0.05, 0) is 84.9 Å². The Hall–Kier alpha value is -4.80. The van der Waals surface area contributed by atoms with Crippen LogP contribution in [0.5, 0.6) is 0 Å². The van der Waals surface area contributed by atoms with E-state index in [1.807, 2.05) is 36.4 Å². The molecule has 1 amide bonds. The van der Waals surface area contributed by atoms with Crippen molar-refractivity contribution in [3.05, 3.63) is 109 Å². The second kappa shape index (κ2) is 10.1. The van der Waals surface area contributed by atoms with E-state index in [2.05, 4.69) is 25.9 Å². The number of primary sulfonamides is 1. The van der Waals surface area contributed by atoms with Gasteiger partial charge in [0, 0.05) is 58.0 Å². The van der Waals surface area contributed by atoms with Crippen LogP contribution in [0.3, 0.4) is 0 Å². The van der Waals surface area contributed by atoms with Gasteiger partial charge >= 0.3 is 0 Å². The Morgan fingerprint density at radius 1 is 0.703 bits per heavy atom. The van der Waals surface area contributed by atoms with E-state index in [-0.39, 0.29) is 10.8 Å². The van der Waals surface area contributed by atoms with Gasteiger partial charge in [0.2, 0.25) is 10.0 Å². The topological polar surface area (TPSA) is 139 Å². The quantitative estimate of drug-likeness (QED) is 0.241. The lowest BCUT2D eigenvalue weighted by Gasteiger charge is -2.11. The summed E-state index contributed by atoms with van der Waals surface area (Å²) in [4.78, 5) is 21.0. The summed E-state index contributed by atoms with van der Waals surface area (Å²) in [6.45, 7) is 0. The number of aromatic nitrogens is 2. The van der Waals surface area contributed by atoms with Crippen LogP contribution in [-0.2, 0) is 10.0 Å². The van der Waals surface area contributed by atoms with Crippen molar-refractivity contribution >= 4 is 55.3 Å². The van der Waals surface area contributed by atoms with Crippen LogP contribution in [0.15, 0.2) is 108 Å². The van der Waals surface area contributed by atoms with Crippen molar-refractivity contribution in [2.45, 2.75) is 4.90 Å². The maximum absolute atomic E-state index is 12.7. The molecule has 0 aliphatic carbocycles. The van der Waals surface area contributed by atoms with Crippen molar-refractivity contribution in [3.8, 4) is 0 Å². The normalized spacial score (nSPS) is 11.2. The molecule has 37 heavy (non-hydrogen) atoms. The van der Waals surface area contributed by atoms with E-state index in [1.54, 1.807) is 55.0 Å². The molecule has 0 aliphatic heterocycles. The highest BCUT2D eigenvalue weighted by atomic mass is 32.2. The van der Waals surface area contributed by atoms with Crippen LogP contribution in [0.1, 0.15) is 10.4 Å². The summed E-state index contributed by atoms with van der Waals surface area (Å²) >= 11 is 0. The molecule has 0 unspecified atom stereocenters. The highest BCUT2D eigenvalue weighted by Crippen LogP contribution is 2.27. The zero-order valence-corrected chi connectivity index (χ0v) is 20.2. The minimum Gasteiger partial charge on any atom is -0.355 e. The molecule has 0 spiro atoms. The van der Waals surface area contributed by atoms with E-state index in [9.17, 15) is 13.2 Å². The molecular weight excluding hydrogens is 488 g/mol. The first kappa shape index (κ1) is 23.9. The van der Waals surface area contributed by atoms with Gasteiger partial charge in [0.15, 0.2) is 0 Å². The van der Waals surface area contributed by atoms with Crippen LogP contribution in [0.25, 0.3) is 10.9 Å². The van der Waals surface area contributed by atoms with Gasteiger partial charge < -0.3 is 16.0 Å². The summed E-state index contributed by atoms with van der Waals surface area (Å²) in [5.41, 5.74) is 4.96. The minimum absolute atomic E-state index is 0.00393. The lowest BCUT2D eigenvalue weighted by molar-refractivity contribution is 0.102. The monoisotopic (exact) mass is 510 g/mol. The molecular formula is C27H22N6O3S. The number of sulfonamides is 1. The maximum atomic E-state index is 12.7. The van der Waals surface area contributed by atoms with Crippen LogP contribution in [0, 0.1) is 0 Å². The number of nitrogens with zero attached hydrogens (tertiary/aromatic N) is 2. The molecule has 9 nitrogen and oxygen atoms in total. The Labute approximate surface area is 213 Å². The fourth-order valence-corrected chi connectivity index (χ4v) is 4.25. The fraction of sp³-hybridized carbons (Fsp3) is 0. The maximum Gasteiger partial charge on any atom is 0.255 e. The first-order valence-electron chi connectivity index (χ1n) is 11.2. The summed E-state index contributed by atoms with van der Waals surface area (Å²) < 4.78 is 23.5. The number of hydrogen-bond donors (Lipinski definition) is 4. The van der Waals surface area contributed by atoms with E-state index >= 15 is 0 Å². The van der Waals surface area contributed by atoms with Crippen molar-refractivity contribution < 1.29 is 13.2 Å². The van der Waals surface area contributed by atoms with Crippen molar-refractivity contribution in [3.63, 3.8) is 0 Å². The van der Waals surface area contributed by atoms with Crippen molar-refractivity contribution in [2.75, 3.05) is 16.0 Å². The molecule has 0 radical (unpaired) electrons. The van der Waals surface area contributed by atoms with Gasteiger partial charge in [-0.15, -0.1) is 0 Å². The van der Waals surface area contributed by atoms with Gasteiger partial charge in [-0.1, -0.05) is 0 Å². The van der Waals surface area contributed by atoms with Gasteiger partial charge in [-0.25, -0.2) is 13.6 Å². The smallest absolute Gasteiger partial charge is 0.255 e. The third kappa shape index (κ3) is 5.72. The second-order valence-corrected chi connectivity index (χ2v) is 9.74. The highest BCUT2D eigenvalue weighted by molar-refractivity contribution is 7.89. The number of amides is 1. The predicted molar refractivity (Wildman–Crippen MR) is 145 cm³/mol. The minimum atomic E-state index is -3.85. The van der Waals surface area contributed by atoms with E-state index in [0.29, 0.717) is 27.8 Å². The SMILES string of the molecule is NS(=O)(=O)c1ccc2nccc(Nc3ccc(C(=O)Nc4ccc(Nc5ccncc5)cc4)cc3)c2c1. The number of nitrogens with one attached hydrogen (secondary N) is 3. The summed E-state index contributed by atoms with van der Waals surface area (Å²) in [7, 11) is -3.85. The summed E-state index contributed by atoms with van der Waals surface area (Å²) in [5.74, 6) is -0.242. The molecule has 0 bridgehead atoms. The van der Waals surface area contributed by atoms with Crippen molar-refractivity contribution in [2.24, 2.45) is 5.14 Å². The largest absolute Gasteiger partial charge is 0.355 e. The Balaban J connectivity index is 1.27. The first-order chi connectivity index (χ1) is 17.8. The average Bonchev–Trinajstić information content (AvgIpc) is 2.90. The summed E-state index contributed by atoms with van der Waals surface area (Å²) in [6.07, 6.45) is 5.05. The van der Waals surface area contributed by atoms with Gasteiger partial charge in [0.25, 0.3) is 5.91 Å². The van der Waals surface area contributed by atoms with E-state index in [4.69, 9.17) is 5.14 Å². The molecule has 0 aliphatic rings. The molecule has 0 saturated heterocycles. The first-order valence-corrected chi connectivity index (χ1v) is 12.8. The number of hydrogen-bond acceptors (Lipinski definition) is 7. The molecule has 0 atom stereocenters. The Morgan fingerprint density at radius 2 is 1.32 bits per heavy atom. The molecule has 5 N–H and O–H groups in total. The van der Waals surface area contributed by atoms with Gasteiger partial charge in [0.1, 0.15) is 0 Å². The van der Waals surface area contributed by atoms with Crippen molar-refractivity contribution in [1.29, 1.82) is 0 Å². The number of benzene rings is 3. The molecule has 2 heterocycles. The standard InChI is InChI=1S/C27H22N6O3S/c28-37(35,36)23-9-10-25-24(17-23)26(13-16-30-25)32-20-3-1-18(2-4-20)27(34)33-21-7-5-19(6-8-21)31-22-11-14-29-15-12-22/h1-17H,(H,29,31)(H,30,32)(H,33,34)(H2,28,35,36). The Kier molecular flexibility index (Phi) is 6.50. The van der Waals surface area contributed by atoms with E-state index < -0.39 is 10.0 Å². The number of pyridine rings is 2. The number of carbonyl (C=O) groups is 1. The Morgan fingerprint density at radius 3 is 2.03 bits per heavy atom. The fourth-order valence-electron chi connectivity index (χ4n) is 3.71. The number of nitrogens with two attached hydrogens (primary N) is 1. The lowest BCUT2D eigenvalue weighted by Crippen LogP contribution is -2.12. The molecule has 5 rings (SSSR count). The molecule has 0 saturated carbocycles. The van der Waals surface area contributed by atoms with E-state index in [1.165, 1.54) is 12.1 Å². The molecule has 2 aromatic heterocycles. The van der Waals surface area contributed by atoms with Crippen LogP contribution in [0.2, 0.25) is 0 Å². The third-order valence-corrected chi connectivity index (χ3v) is 6.49. The van der Waals surface area contributed by atoms with Gasteiger partial charge in [-0.2, -0.15) is 0 Å². The molecule has 3 aromatic carbocycles. The van der Waals surface area contributed by atoms with E-state index in [0.717, 1.165) is 17.1 Å². The summed E-state index contributed by atoms with van der Waals surface area (Å²) in [6, 6.07) is 24.3. The summed E-state index contributed by atoms with van der Waals surface area (Å²) in [5, 5.41) is 15.3. The zero-order chi connectivity index (χ0) is 25.8. The molecule has 5 aromatic rings. The second-order valence-electron chi connectivity index (χ2n) is 8.18. The van der Waals surface area contributed by atoms with Crippen LogP contribution < -0.4 is 21.1 Å². The highest BCUT2D eigenvalue weighted by Gasteiger charge is 2.12. The third-order valence-electron chi connectivity index (χ3n) is 5.58. The van der Waals surface area contributed by atoms with Gasteiger partial charge in [0.05, 0.1) is 10.4 Å². The zero-order valence-electron chi connectivity index (χ0n) is 19.4. The number of anilines is 5. The van der Waals surface area contributed by atoms with Gasteiger partial charge in [-0.3, -0.25) is 14.8 Å². The molecule has 0 fully saturated rings. The van der Waals surface area contributed by atoms with Crippen LogP contribution in [0.4, 0.5) is 28.4 Å². The van der Waals surface area contributed by atoms with Crippen LogP contribution >= 0.6 is 0 Å². The molecule has 184 valence electrons. The lowest BCUT2D eigenvalue weighted by atomic mass is 10.1.